The highest BCUT2D eigenvalue weighted by Gasteiger charge is 2.07. The van der Waals surface area contributed by atoms with Crippen LogP contribution in [0, 0.1) is 6.92 Å². The maximum Gasteiger partial charge on any atom is 0.276 e. The Morgan fingerprint density at radius 1 is 1.43 bits per heavy atom. The number of hydrogen-bond donors (Lipinski definition) is 1. The maximum absolute atomic E-state index is 12.3. The second-order valence-electron chi connectivity index (χ2n) is 5.10. The first kappa shape index (κ1) is 14.0. The van der Waals surface area contributed by atoms with E-state index in [9.17, 15) is 4.79 Å². The van der Waals surface area contributed by atoms with Crippen LogP contribution in [0.15, 0.2) is 40.8 Å². The summed E-state index contributed by atoms with van der Waals surface area (Å²) in [5.41, 5.74) is 1.49. The second kappa shape index (κ2) is 5.83. The lowest BCUT2D eigenvalue weighted by molar-refractivity contribution is 0.528. The highest BCUT2D eigenvalue weighted by atomic mass is 32.1. The van der Waals surface area contributed by atoms with Crippen molar-refractivity contribution in [3.05, 3.63) is 56.9 Å². The number of aryl methyl sites for hydroxylation is 1. The van der Waals surface area contributed by atoms with Gasteiger partial charge in [0.05, 0.1) is 5.69 Å². The van der Waals surface area contributed by atoms with E-state index in [-0.39, 0.29) is 5.56 Å². The molecular formula is C15H18N4OS. The largest absolute Gasteiger partial charge is 0.311 e. The van der Waals surface area contributed by atoms with Gasteiger partial charge in [-0.25, -0.2) is 4.52 Å². The summed E-state index contributed by atoms with van der Waals surface area (Å²) in [6.45, 7) is 5.43. The van der Waals surface area contributed by atoms with Gasteiger partial charge >= 0.3 is 0 Å². The van der Waals surface area contributed by atoms with E-state index in [1.807, 2.05) is 19.2 Å². The second-order valence-corrected chi connectivity index (χ2v) is 6.08. The highest BCUT2D eigenvalue weighted by molar-refractivity contribution is 7.10. The third kappa shape index (κ3) is 2.91. The van der Waals surface area contributed by atoms with Crippen molar-refractivity contribution in [1.82, 2.24) is 19.5 Å². The number of nitrogens with one attached hydrogen (secondary N) is 1. The van der Waals surface area contributed by atoms with Gasteiger partial charge in [-0.15, -0.1) is 11.3 Å². The van der Waals surface area contributed by atoms with Crippen LogP contribution in [0.3, 0.4) is 0 Å². The molecule has 0 aliphatic carbocycles. The lowest BCUT2D eigenvalue weighted by Crippen LogP contribution is -2.28. The lowest BCUT2D eigenvalue weighted by Gasteiger charge is -2.13. The molecule has 0 amide bonds. The number of rotatable bonds is 5. The molecule has 0 saturated carbocycles. The number of aromatic nitrogens is 3. The first-order valence-electron chi connectivity index (χ1n) is 6.97. The Balaban J connectivity index is 1.68. The molecule has 0 radical (unpaired) electrons. The first-order valence-corrected chi connectivity index (χ1v) is 7.85. The molecule has 3 aromatic rings. The average molecular weight is 302 g/mol. The van der Waals surface area contributed by atoms with Crippen LogP contribution in [0.4, 0.5) is 0 Å². The van der Waals surface area contributed by atoms with Crippen molar-refractivity contribution in [2.24, 2.45) is 0 Å². The normalized spacial score (nSPS) is 12.9. The van der Waals surface area contributed by atoms with E-state index < -0.39 is 0 Å². The van der Waals surface area contributed by atoms with E-state index in [4.69, 9.17) is 0 Å². The molecule has 3 rings (SSSR count). The lowest BCUT2D eigenvalue weighted by atomic mass is 10.3. The highest BCUT2D eigenvalue weighted by Crippen LogP contribution is 2.17. The molecule has 0 aromatic carbocycles. The molecule has 6 heteroatoms. The molecule has 0 spiro atoms. The standard InChI is InChI=1S/C15H18N4OS/c1-11-10-13-15(20)18(7-8-19(13)17-11)6-5-16-12(2)14-4-3-9-21-14/h3-4,7-10,12,16H,5-6H2,1-2H3. The molecule has 110 valence electrons. The van der Waals surface area contributed by atoms with Crippen molar-refractivity contribution in [2.45, 2.75) is 26.4 Å². The van der Waals surface area contributed by atoms with Crippen molar-refractivity contribution in [3.8, 4) is 0 Å². The van der Waals surface area contributed by atoms with Gasteiger partial charge in [0.1, 0.15) is 5.52 Å². The predicted molar refractivity (Wildman–Crippen MR) is 84.9 cm³/mol. The topological polar surface area (TPSA) is 51.3 Å². The third-order valence-electron chi connectivity index (χ3n) is 3.50. The predicted octanol–water partition coefficient (Wildman–Crippen LogP) is 2.22. The summed E-state index contributed by atoms with van der Waals surface area (Å²) in [6.07, 6.45) is 3.62. The van der Waals surface area contributed by atoms with Crippen molar-refractivity contribution >= 4 is 16.9 Å². The zero-order valence-electron chi connectivity index (χ0n) is 12.1. The van der Waals surface area contributed by atoms with Crippen LogP contribution in [0.1, 0.15) is 23.5 Å². The Labute approximate surface area is 126 Å². The molecule has 0 aliphatic rings. The van der Waals surface area contributed by atoms with Gasteiger partial charge in [0, 0.05) is 36.4 Å². The first-order chi connectivity index (χ1) is 10.1. The monoisotopic (exact) mass is 302 g/mol. The summed E-state index contributed by atoms with van der Waals surface area (Å²) in [5, 5.41) is 9.77. The van der Waals surface area contributed by atoms with Crippen LogP contribution < -0.4 is 10.9 Å². The smallest absolute Gasteiger partial charge is 0.276 e. The summed E-state index contributed by atoms with van der Waals surface area (Å²) < 4.78 is 3.36. The molecule has 0 bridgehead atoms. The Bertz CT molecular complexity index is 788. The number of nitrogens with zero attached hydrogens (tertiary/aromatic N) is 3. The van der Waals surface area contributed by atoms with Gasteiger partial charge in [0.25, 0.3) is 5.56 Å². The molecule has 1 atom stereocenters. The van der Waals surface area contributed by atoms with E-state index in [1.54, 1.807) is 26.6 Å². The molecule has 1 unspecified atom stereocenters. The van der Waals surface area contributed by atoms with Gasteiger partial charge in [-0.1, -0.05) is 6.07 Å². The van der Waals surface area contributed by atoms with Crippen LogP contribution >= 0.6 is 11.3 Å². The van der Waals surface area contributed by atoms with Crippen molar-refractivity contribution in [1.29, 1.82) is 0 Å². The maximum atomic E-state index is 12.3. The zero-order valence-corrected chi connectivity index (χ0v) is 12.9. The van der Waals surface area contributed by atoms with E-state index in [0.29, 0.717) is 18.1 Å². The van der Waals surface area contributed by atoms with Crippen molar-refractivity contribution in [2.75, 3.05) is 6.54 Å². The van der Waals surface area contributed by atoms with E-state index in [1.165, 1.54) is 4.88 Å². The fourth-order valence-corrected chi connectivity index (χ4v) is 3.12. The van der Waals surface area contributed by atoms with Crippen LogP contribution in [0.2, 0.25) is 0 Å². The zero-order chi connectivity index (χ0) is 14.8. The van der Waals surface area contributed by atoms with Gasteiger partial charge in [0.2, 0.25) is 0 Å². The molecular weight excluding hydrogens is 284 g/mol. The summed E-state index contributed by atoms with van der Waals surface area (Å²) in [5.74, 6) is 0. The SMILES string of the molecule is Cc1cc2c(=O)n(CCNC(C)c3cccs3)ccn2n1. The summed E-state index contributed by atoms with van der Waals surface area (Å²) in [6, 6.07) is 6.30. The molecule has 5 nitrogen and oxygen atoms in total. The minimum Gasteiger partial charge on any atom is -0.311 e. The summed E-state index contributed by atoms with van der Waals surface area (Å²) >= 11 is 1.74. The number of thiophene rings is 1. The summed E-state index contributed by atoms with van der Waals surface area (Å²) in [4.78, 5) is 13.6. The van der Waals surface area contributed by atoms with Gasteiger partial charge in [-0.05, 0) is 31.4 Å². The van der Waals surface area contributed by atoms with Crippen molar-refractivity contribution in [3.63, 3.8) is 0 Å². The fourth-order valence-electron chi connectivity index (χ4n) is 2.36. The molecule has 1 N–H and O–H groups in total. The van der Waals surface area contributed by atoms with Gasteiger partial charge in [0.15, 0.2) is 0 Å². The Kier molecular flexibility index (Phi) is 3.90. The molecule has 0 saturated heterocycles. The van der Waals surface area contributed by atoms with E-state index in [2.05, 4.69) is 34.9 Å². The van der Waals surface area contributed by atoms with Gasteiger partial charge in [-0.3, -0.25) is 4.79 Å². The molecule has 3 aromatic heterocycles. The van der Waals surface area contributed by atoms with Gasteiger partial charge < -0.3 is 9.88 Å². The van der Waals surface area contributed by atoms with Crippen LogP contribution in [0.25, 0.3) is 5.52 Å². The minimum atomic E-state index is 0.00340. The van der Waals surface area contributed by atoms with Crippen LogP contribution in [-0.4, -0.2) is 20.7 Å². The molecule has 0 fully saturated rings. The average Bonchev–Trinajstić information content (AvgIpc) is 3.10. The Morgan fingerprint density at radius 3 is 3.05 bits per heavy atom. The fraction of sp³-hybridized carbons (Fsp3) is 0.333. The van der Waals surface area contributed by atoms with E-state index in [0.717, 1.165) is 12.2 Å². The van der Waals surface area contributed by atoms with E-state index >= 15 is 0 Å². The number of fused-ring (bicyclic) bond motifs is 1. The number of hydrogen-bond acceptors (Lipinski definition) is 4. The molecule has 0 aliphatic heterocycles. The quantitative estimate of drug-likeness (QED) is 0.786. The Hall–Kier alpha value is -1.92. The third-order valence-corrected chi connectivity index (χ3v) is 4.55. The Morgan fingerprint density at radius 2 is 2.29 bits per heavy atom. The van der Waals surface area contributed by atoms with Crippen LogP contribution in [-0.2, 0) is 6.54 Å². The van der Waals surface area contributed by atoms with Crippen molar-refractivity contribution < 1.29 is 0 Å². The molecule has 21 heavy (non-hydrogen) atoms. The van der Waals surface area contributed by atoms with Crippen LogP contribution in [0.5, 0.6) is 0 Å². The minimum absolute atomic E-state index is 0.00340. The summed E-state index contributed by atoms with van der Waals surface area (Å²) in [7, 11) is 0. The molecule has 3 heterocycles. The van der Waals surface area contributed by atoms with Gasteiger partial charge in [-0.2, -0.15) is 5.10 Å².